The molecule has 0 amide bonds. The Morgan fingerprint density at radius 3 is 2.57 bits per heavy atom. The molecule has 122 valence electrons. The van der Waals surface area contributed by atoms with Crippen LogP contribution in [0.15, 0.2) is 24.3 Å². The summed E-state index contributed by atoms with van der Waals surface area (Å²) < 4.78 is 16.5. The second kappa shape index (κ2) is 5.77. The van der Waals surface area contributed by atoms with Crippen molar-refractivity contribution >= 4 is 23.0 Å². The molecule has 23 heavy (non-hydrogen) atoms. The molecule has 6 heteroatoms. The number of rotatable bonds is 2. The van der Waals surface area contributed by atoms with Crippen molar-refractivity contribution in [3.05, 3.63) is 29.1 Å². The van der Waals surface area contributed by atoms with Gasteiger partial charge in [-0.05, 0) is 50.6 Å². The number of hydrogen-bond acceptors (Lipinski definition) is 6. The van der Waals surface area contributed by atoms with Gasteiger partial charge in [-0.1, -0.05) is 0 Å². The highest BCUT2D eigenvalue weighted by Crippen LogP contribution is 2.39. The SMILES string of the molecule is CC(C)(C)OC(=O)c1sc(-c2ccc3c(c2)OCCO3)cc1N. The van der Waals surface area contributed by atoms with Gasteiger partial charge in [0.2, 0.25) is 0 Å². The highest BCUT2D eigenvalue weighted by Gasteiger charge is 2.23. The number of thiophene rings is 1. The largest absolute Gasteiger partial charge is 0.486 e. The van der Waals surface area contributed by atoms with Crippen molar-refractivity contribution in [3.63, 3.8) is 0 Å². The summed E-state index contributed by atoms with van der Waals surface area (Å²) in [5.74, 6) is 1.04. The molecule has 2 N–H and O–H groups in total. The second-order valence-corrected chi connectivity index (χ2v) is 7.31. The summed E-state index contributed by atoms with van der Waals surface area (Å²) in [7, 11) is 0. The monoisotopic (exact) mass is 333 g/mol. The minimum Gasteiger partial charge on any atom is -0.486 e. The van der Waals surface area contributed by atoms with E-state index in [2.05, 4.69) is 0 Å². The molecule has 0 bridgehead atoms. The Morgan fingerprint density at radius 2 is 1.87 bits per heavy atom. The van der Waals surface area contributed by atoms with Crippen LogP contribution in [0, 0.1) is 0 Å². The Bertz CT molecular complexity index is 746. The number of carbonyl (C=O) groups excluding carboxylic acids is 1. The summed E-state index contributed by atoms with van der Waals surface area (Å²) in [6.07, 6.45) is 0. The zero-order valence-corrected chi connectivity index (χ0v) is 14.2. The standard InChI is InChI=1S/C17H19NO4S/c1-17(2,3)22-16(19)15-11(18)9-14(23-15)10-4-5-12-13(8-10)21-7-6-20-12/h4-5,8-9H,6-7,18H2,1-3H3. The molecule has 0 unspecified atom stereocenters. The topological polar surface area (TPSA) is 70.8 Å². The Balaban J connectivity index is 1.90. The van der Waals surface area contributed by atoms with Gasteiger partial charge in [0.1, 0.15) is 23.7 Å². The molecule has 0 radical (unpaired) electrons. The van der Waals surface area contributed by atoms with E-state index in [1.54, 1.807) is 6.07 Å². The van der Waals surface area contributed by atoms with Gasteiger partial charge in [-0.3, -0.25) is 0 Å². The van der Waals surface area contributed by atoms with Gasteiger partial charge >= 0.3 is 5.97 Å². The van der Waals surface area contributed by atoms with Crippen LogP contribution >= 0.6 is 11.3 Å². The van der Waals surface area contributed by atoms with Crippen LogP contribution in [0.25, 0.3) is 10.4 Å². The van der Waals surface area contributed by atoms with Crippen LogP contribution < -0.4 is 15.2 Å². The summed E-state index contributed by atoms with van der Waals surface area (Å²) in [6, 6.07) is 7.48. The first-order valence-electron chi connectivity index (χ1n) is 7.36. The van der Waals surface area contributed by atoms with Crippen LogP contribution in [0.3, 0.4) is 0 Å². The number of benzene rings is 1. The van der Waals surface area contributed by atoms with Gasteiger partial charge in [0.05, 0.1) is 5.69 Å². The molecular weight excluding hydrogens is 314 g/mol. The third-order valence-corrected chi connectivity index (χ3v) is 4.35. The van der Waals surface area contributed by atoms with E-state index in [9.17, 15) is 4.79 Å². The fourth-order valence-corrected chi connectivity index (χ4v) is 3.18. The minimum absolute atomic E-state index is 0.399. The third-order valence-electron chi connectivity index (χ3n) is 3.17. The molecule has 1 aliphatic heterocycles. The van der Waals surface area contributed by atoms with E-state index in [0.29, 0.717) is 29.5 Å². The lowest BCUT2D eigenvalue weighted by Gasteiger charge is -2.19. The predicted molar refractivity (Wildman–Crippen MR) is 90.3 cm³/mol. The molecule has 1 aromatic heterocycles. The van der Waals surface area contributed by atoms with Crippen molar-refractivity contribution in [2.24, 2.45) is 0 Å². The number of hydrogen-bond donors (Lipinski definition) is 1. The lowest BCUT2D eigenvalue weighted by Crippen LogP contribution is -2.23. The zero-order valence-electron chi connectivity index (χ0n) is 13.3. The van der Waals surface area contributed by atoms with Gasteiger partial charge in [0, 0.05) is 4.88 Å². The van der Waals surface area contributed by atoms with E-state index in [1.807, 2.05) is 39.0 Å². The van der Waals surface area contributed by atoms with Crippen LogP contribution in [0.4, 0.5) is 5.69 Å². The molecule has 1 aliphatic rings. The van der Waals surface area contributed by atoms with Crippen LogP contribution in [0.1, 0.15) is 30.4 Å². The van der Waals surface area contributed by atoms with Gasteiger partial charge in [-0.2, -0.15) is 0 Å². The number of carbonyl (C=O) groups is 1. The quantitative estimate of drug-likeness (QED) is 0.848. The summed E-state index contributed by atoms with van der Waals surface area (Å²) in [6.45, 7) is 6.58. The van der Waals surface area contributed by atoms with Crippen molar-refractivity contribution in [2.45, 2.75) is 26.4 Å². The minimum atomic E-state index is -0.551. The number of ether oxygens (including phenoxy) is 3. The van der Waals surface area contributed by atoms with Gasteiger partial charge < -0.3 is 19.9 Å². The van der Waals surface area contributed by atoms with Gasteiger partial charge in [0.15, 0.2) is 11.5 Å². The first-order chi connectivity index (χ1) is 10.8. The van der Waals surface area contributed by atoms with Crippen molar-refractivity contribution in [3.8, 4) is 21.9 Å². The van der Waals surface area contributed by atoms with E-state index in [-0.39, 0.29) is 0 Å². The van der Waals surface area contributed by atoms with E-state index in [4.69, 9.17) is 19.9 Å². The third kappa shape index (κ3) is 3.42. The van der Waals surface area contributed by atoms with Crippen molar-refractivity contribution in [1.29, 1.82) is 0 Å². The fraction of sp³-hybridized carbons (Fsp3) is 0.353. The molecule has 2 heterocycles. The summed E-state index contributed by atoms with van der Waals surface area (Å²) in [4.78, 5) is 13.5. The van der Waals surface area contributed by atoms with Crippen LogP contribution in [-0.4, -0.2) is 24.8 Å². The lowest BCUT2D eigenvalue weighted by atomic mass is 10.1. The van der Waals surface area contributed by atoms with Crippen molar-refractivity contribution in [2.75, 3.05) is 18.9 Å². The number of nitrogen functional groups attached to an aromatic ring is 1. The molecule has 0 saturated carbocycles. The van der Waals surface area contributed by atoms with E-state index in [0.717, 1.165) is 16.2 Å². The Morgan fingerprint density at radius 1 is 1.17 bits per heavy atom. The number of anilines is 1. The molecule has 0 saturated heterocycles. The lowest BCUT2D eigenvalue weighted by molar-refractivity contribution is 0.00764. The van der Waals surface area contributed by atoms with E-state index in [1.165, 1.54) is 11.3 Å². The molecule has 0 fully saturated rings. The second-order valence-electron chi connectivity index (χ2n) is 6.26. The average molecular weight is 333 g/mol. The van der Waals surface area contributed by atoms with Crippen LogP contribution in [0.2, 0.25) is 0 Å². The maximum atomic E-state index is 12.2. The summed E-state index contributed by atoms with van der Waals surface area (Å²) >= 11 is 1.32. The summed E-state index contributed by atoms with van der Waals surface area (Å²) in [5.41, 5.74) is 6.80. The molecule has 0 atom stereocenters. The Hall–Kier alpha value is -2.21. The maximum absolute atomic E-state index is 12.2. The molecule has 0 spiro atoms. The number of fused-ring (bicyclic) bond motifs is 1. The first-order valence-corrected chi connectivity index (χ1v) is 8.18. The molecular formula is C17H19NO4S. The van der Waals surface area contributed by atoms with Gasteiger partial charge in [-0.15, -0.1) is 11.3 Å². The van der Waals surface area contributed by atoms with Gasteiger partial charge in [0.25, 0.3) is 0 Å². The molecule has 2 aromatic rings. The average Bonchev–Trinajstić information content (AvgIpc) is 2.87. The predicted octanol–water partition coefficient (Wildman–Crippen LogP) is 3.72. The van der Waals surface area contributed by atoms with E-state index < -0.39 is 11.6 Å². The smallest absolute Gasteiger partial charge is 0.350 e. The molecule has 3 rings (SSSR count). The Labute approximate surface area is 139 Å². The molecule has 1 aromatic carbocycles. The first kappa shape index (κ1) is 15.7. The van der Waals surface area contributed by atoms with E-state index >= 15 is 0 Å². The fourth-order valence-electron chi connectivity index (χ4n) is 2.23. The normalized spacial score (nSPS) is 13.7. The number of esters is 1. The van der Waals surface area contributed by atoms with Crippen LogP contribution in [-0.2, 0) is 4.74 Å². The number of nitrogens with two attached hydrogens (primary N) is 1. The maximum Gasteiger partial charge on any atom is 0.350 e. The highest BCUT2D eigenvalue weighted by atomic mass is 32.1. The van der Waals surface area contributed by atoms with Gasteiger partial charge in [-0.25, -0.2) is 4.79 Å². The Kier molecular flexibility index (Phi) is 3.93. The van der Waals surface area contributed by atoms with Crippen LogP contribution in [0.5, 0.6) is 11.5 Å². The molecule has 5 nitrogen and oxygen atoms in total. The van der Waals surface area contributed by atoms with Crippen molar-refractivity contribution in [1.82, 2.24) is 0 Å². The molecule has 0 aliphatic carbocycles. The highest BCUT2D eigenvalue weighted by molar-refractivity contribution is 7.18. The summed E-state index contributed by atoms with van der Waals surface area (Å²) in [5, 5.41) is 0. The zero-order chi connectivity index (χ0) is 16.6. The van der Waals surface area contributed by atoms with Crippen molar-refractivity contribution < 1.29 is 19.0 Å².